The molecule has 0 N–H and O–H groups in total. The van der Waals surface area contributed by atoms with Gasteiger partial charge < -0.3 is 4.74 Å². The molecule has 0 rings (SSSR count). The summed E-state index contributed by atoms with van der Waals surface area (Å²) in [7, 11) is 0. The molecule has 0 amide bonds. The van der Waals surface area contributed by atoms with Crippen LogP contribution in [-0.4, -0.2) is 19.0 Å². The zero-order chi connectivity index (χ0) is 8.36. The molecule has 0 aromatic rings. The van der Waals surface area contributed by atoms with E-state index in [0.29, 0.717) is 0 Å². The first-order valence-electron chi connectivity index (χ1n) is 4.25. The van der Waals surface area contributed by atoms with Crippen molar-refractivity contribution < 1.29 is 4.74 Å². The SMILES string of the molecule is CCCCCOCC=CCS. The van der Waals surface area contributed by atoms with Crippen molar-refractivity contribution in [2.45, 2.75) is 26.2 Å². The molecular formula is C9H18OS. The van der Waals surface area contributed by atoms with Crippen molar-refractivity contribution in [1.82, 2.24) is 0 Å². The lowest BCUT2D eigenvalue weighted by Crippen LogP contribution is -1.93. The molecule has 0 heterocycles. The first-order chi connectivity index (χ1) is 5.41. The Morgan fingerprint density at radius 2 is 2.09 bits per heavy atom. The van der Waals surface area contributed by atoms with Crippen molar-refractivity contribution in [3.8, 4) is 0 Å². The Morgan fingerprint density at radius 1 is 1.27 bits per heavy atom. The number of hydrogen-bond acceptors (Lipinski definition) is 2. The second-order valence-corrected chi connectivity index (χ2v) is 2.80. The molecule has 0 bridgehead atoms. The summed E-state index contributed by atoms with van der Waals surface area (Å²) in [6.45, 7) is 3.83. The summed E-state index contributed by atoms with van der Waals surface area (Å²) in [5.41, 5.74) is 0. The van der Waals surface area contributed by atoms with Gasteiger partial charge in [0.2, 0.25) is 0 Å². The van der Waals surface area contributed by atoms with E-state index < -0.39 is 0 Å². The Balaban J connectivity index is 2.85. The zero-order valence-corrected chi connectivity index (χ0v) is 8.15. The fourth-order valence-corrected chi connectivity index (χ4v) is 0.897. The van der Waals surface area contributed by atoms with E-state index in [9.17, 15) is 0 Å². The van der Waals surface area contributed by atoms with Crippen LogP contribution in [0.15, 0.2) is 12.2 Å². The Hall–Kier alpha value is 0.0500. The van der Waals surface area contributed by atoms with E-state index in [1.165, 1.54) is 19.3 Å². The summed E-state index contributed by atoms with van der Waals surface area (Å²) in [5.74, 6) is 0.804. The lowest BCUT2D eigenvalue weighted by atomic mass is 10.3. The van der Waals surface area contributed by atoms with E-state index >= 15 is 0 Å². The fraction of sp³-hybridized carbons (Fsp3) is 0.778. The molecule has 1 nitrogen and oxygen atoms in total. The van der Waals surface area contributed by atoms with E-state index in [4.69, 9.17) is 4.74 Å². The van der Waals surface area contributed by atoms with Gasteiger partial charge in [-0.15, -0.1) is 0 Å². The number of hydrogen-bond donors (Lipinski definition) is 1. The van der Waals surface area contributed by atoms with Gasteiger partial charge in [-0.3, -0.25) is 0 Å². The topological polar surface area (TPSA) is 9.23 Å². The van der Waals surface area contributed by atoms with Crippen molar-refractivity contribution in [1.29, 1.82) is 0 Å². The van der Waals surface area contributed by atoms with Gasteiger partial charge in [-0.1, -0.05) is 31.9 Å². The standard InChI is InChI=1S/C9H18OS/c1-2-3-4-7-10-8-5-6-9-11/h5-6,11H,2-4,7-9H2,1H3. The van der Waals surface area contributed by atoms with Gasteiger partial charge in [-0.05, 0) is 6.42 Å². The van der Waals surface area contributed by atoms with Crippen LogP contribution in [0.2, 0.25) is 0 Å². The average molecular weight is 174 g/mol. The number of unbranched alkanes of at least 4 members (excludes halogenated alkanes) is 2. The van der Waals surface area contributed by atoms with E-state index in [1.807, 2.05) is 12.2 Å². The molecule has 0 saturated heterocycles. The predicted molar refractivity (Wildman–Crippen MR) is 53.3 cm³/mol. The van der Waals surface area contributed by atoms with Crippen LogP contribution in [0.1, 0.15) is 26.2 Å². The Labute approximate surface area is 75.2 Å². The van der Waals surface area contributed by atoms with Gasteiger partial charge in [0.15, 0.2) is 0 Å². The normalized spacial score (nSPS) is 11.1. The highest BCUT2D eigenvalue weighted by atomic mass is 32.1. The molecule has 0 spiro atoms. The molecule has 0 saturated carbocycles. The lowest BCUT2D eigenvalue weighted by Gasteiger charge is -1.98. The Morgan fingerprint density at radius 3 is 2.73 bits per heavy atom. The molecule has 0 fully saturated rings. The monoisotopic (exact) mass is 174 g/mol. The Bertz CT molecular complexity index is 91.6. The first-order valence-corrected chi connectivity index (χ1v) is 4.88. The maximum Gasteiger partial charge on any atom is 0.0647 e. The van der Waals surface area contributed by atoms with E-state index in [-0.39, 0.29) is 0 Å². The molecular weight excluding hydrogens is 156 g/mol. The Kier molecular flexibility index (Phi) is 10.1. The van der Waals surface area contributed by atoms with Gasteiger partial charge in [-0.25, -0.2) is 0 Å². The lowest BCUT2D eigenvalue weighted by molar-refractivity contribution is 0.157. The molecule has 0 aliphatic heterocycles. The van der Waals surface area contributed by atoms with Gasteiger partial charge in [-0.2, -0.15) is 12.6 Å². The van der Waals surface area contributed by atoms with Crippen LogP contribution in [0.25, 0.3) is 0 Å². The van der Waals surface area contributed by atoms with Crippen LogP contribution in [-0.2, 0) is 4.74 Å². The summed E-state index contributed by atoms with van der Waals surface area (Å²) < 4.78 is 5.32. The van der Waals surface area contributed by atoms with Crippen molar-refractivity contribution in [3.63, 3.8) is 0 Å². The molecule has 0 aliphatic rings. The van der Waals surface area contributed by atoms with E-state index in [0.717, 1.165) is 19.0 Å². The van der Waals surface area contributed by atoms with Crippen LogP contribution in [0, 0.1) is 0 Å². The number of rotatable bonds is 7. The maximum atomic E-state index is 5.32. The van der Waals surface area contributed by atoms with Gasteiger partial charge in [0, 0.05) is 12.4 Å². The molecule has 0 aliphatic carbocycles. The largest absolute Gasteiger partial charge is 0.377 e. The molecule has 66 valence electrons. The fourth-order valence-electron chi connectivity index (χ4n) is 0.748. The molecule has 0 unspecified atom stereocenters. The van der Waals surface area contributed by atoms with Gasteiger partial charge >= 0.3 is 0 Å². The number of thiol groups is 1. The molecule has 11 heavy (non-hydrogen) atoms. The minimum Gasteiger partial charge on any atom is -0.377 e. The maximum absolute atomic E-state index is 5.32. The van der Waals surface area contributed by atoms with Crippen molar-refractivity contribution >= 4 is 12.6 Å². The summed E-state index contributed by atoms with van der Waals surface area (Å²) in [6, 6.07) is 0. The van der Waals surface area contributed by atoms with Crippen LogP contribution in [0.3, 0.4) is 0 Å². The summed E-state index contributed by atoms with van der Waals surface area (Å²) in [6.07, 6.45) is 7.74. The minimum atomic E-state index is 0.740. The highest BCUT2D eigenvalue weighted by molar-refractivity contribution is 7.80. The smallest absolute Gasteiger partial charge is 0.0647 e. The van der Waals surface area contributed by atoms with Crippen LogP contribution in [0.4, 0.5) is 0 Å². The minimum absolute atomic E-state index is 0.740. The van der Waals surface area contributed by atoms with Gasteiger partial charge in [0.25, 0.3) is 0 Å². The second kappa shape index (κ2) is 10.0. The summed E-state index contributed by atoms with van der Waals surface area (Å²) in [4.78, 5) is 0. The van der Waals surface area contributed by atoms with Crippen molar-refractivity contribution in [2.24, 2.45) is 0 Å². The van der Waals surface area contributed by atoms with Gasteiger partial charge in [0.1, 0.15) is 0 Å². The highest BCUT2D eigenvalue weighted by Gasteiger charge is 1.84. The van der Waals surface area contributed by atoms with Gasteiger partial charge in [0.05, 0.1) is 6.61 Å². The third kappa shape index (κ3) is 10.1. The van der Waals surface area contributed by atoms with Crippen molar-refractivity contribution in [2.75, 3.05) is 19.0 Å². The third-order valence-electron chi connectivity index (χ3n) is 1.38. The van der Waals surface area contributed by atoms with Crippen LogP contribution < -0.4 is 0 Å². The van der Waals surface area contributed by atoms with Crippen LogP contribution >= 0.6 is 12.6 Å². The molecule has 0 radical (unpaired) electrons. The third-order valence-corrected chi connectivity index (χ3v) is 1.59. The summed E-state index contributed by atoms with van der Waals surface area (Å²) in [5, 5.41) is 0. The molecule has 0 atom stereocenters. The zero-order valence-electron chi connectivity index (χ0n) is 7.25. The number of ether oxygens (including phenoxy) is 1. The summed E-state index contributed by atoms with van der Waals surface area (Å²) >= 11 is 4.04. The predicted octanol–water partition coefficient (Wildman–Crippen LogP) is 2.68. The van der Waals surface area contributed by atoms with Crippen molar-refractivity contribution in [3.05, 3.63) is 12.2 Å². The molecule has 0 aromatic carbocycles. The van der Waals surface area contributed by atoms with E-state index in [2.05, 4.69) is 19.6 Å². The molecule has 2 heteroatoms. The van der Waals surface area contributed by atoms with Crippen LogP contribution in [0.5, 0.6) is 0 Å². The first kappa shape index (κ1) is 11.1. The molecule has 0 aromatic heterocycles. The average Bonchev–Trinajstić information content (AvgIpc) is 2.03. The second-order valence-electron chi connectivity index (χ2n) is 2.44. The quantitative estimate of drug-likeness (QED) is 0.355. The van der Waals surface area contributed by atoms with E-state index in [1.54, 1.807) is 0 Å². The highest BCUT2D eigenvalue weighted by Crippen LogP contribution is 1.93.